The molecule has 1 unspecified atom stereocenters. The summed E-state index contributed by atoms with van der Waals surface area (Å²) in [4.78, 5) is 7.85. The third-order valence-electron chi connectivity index (χ3n) is 2.65. The van der Waals surface area contributed by atoms with Gasteiger partial charge in [-0.2, -0.15) is 9.97 Å². The smallest absolute Gasteiger partial charge is 0.223 e. The molecule has 0 amide bonds. The number of nitrogens with zero attached hydrogens (tertiary/aromatic N) is 2. The summed E-state index contributed by atoms with van der Waals surface area (Å²) in [6.07, 6.45) is 2.22. The van der Waals surface area contributed by atoms with E-state index in [9.17, 15) is 0 Å². The molecule has 1 atom stereocenters. The lowest BCUT2D eigenvalue weighted by atomic mass is 10.1. The molecule has 6 heteroatoms. The van der Waals surface area contributed by atoms with Crippen molar-refractivity contribution in [3.05, 3.63) is 6.07 Å². The minimum atomic E-state index is 0.201. The van der Waals surface area contributed by atoms with Crippen molar-refractivity contribution in [2.45, 2.75) is 12.8 Å². The van der Waals surface area contributed by atoms with E-state index in [4.69, 9.17) is 16.2 Å². The number of rotatable bonds is 4. The summed E-state index contributed by atoms with van der Waals surface area (Å²) in [5.41, 5.74) is 11.1. The van der Waals surface area contributed by atoms with Crippen molar-refractivity contribution < 1.29 is 4.74 Å². The van der Waals surface area contributed by atoms with Crippen LogP contribution in [0, 0.1) is 5.92 Å². The first-order chi connectivity index (χ1) is 7.74. The fraction of sp³-hybridized carbons (Fsp3) is 0.600. The molecule has 1 aliphatic rings. The summed E-state index contributed by atoms with van der Waals surface area (Å²) < 4.78 is 5.30. The van der Waals surface area contributed by atoms with Crippen LogP contribution >= 0.6 is 0 Å². The fourth-order valence-corrected chi connectivity index (χ4v) is 1.79. The van der Waals surface area contributed by atoms with Gasteiger partial charge in [0.1, 0.15) is 11.6 Å². The molecule has 5 N–H and O–H groups in total. The Morgan fingerprint density at radius 3 is 3.00 bits per heavy atom. The maximum absolute atomic E-state index is 5.56. The first kappa shape index (κ1) is 10.9. The number of nitrogens with two attached hydrogens (primary N) is 2. The van der Waals surface area contributed by atoms with E-state index in [-0.39, 0.29) is 5.95 Å². The van der Waals surface area contributed by atoms with Crippen molar-refractivity contribution in [3.63, 3.8) is 0 Å². The minimum Gasteiger partial charge on any atom is -0.383 e. The monoisotopic (exact) mass is 223 g/mol. The van der Waals surface area contributed by atoms with Crippen molar-refractivity contribution in [2.75, 3.05) is 36.5 Å². The van der Waals surface area contributed by atoms with Crippen molar-refractivity contribution >= 4 is 17.6 Å². The molecule has 1 fully saturated rings. The van der Waals surface area contributed by atoms with Crippen LogP contribution < -0.4 is 16.8 Å². The van der Waals surface area contributed by atoms with Gasteiger partial charge in [0.2, 0.25) is 5.95 Å². The van der Waals surface area contributed by atoms with E-state index in [1.54, 1.807) is 6.07 Å². The van der Waals surface area contributed by atoms with E-state index in [2.05, 4.69) is 15.3 Å². The second-order valence-corrected chi connectivity index (χ2v) is 3.98. The number of aromatic nitrogens is 2. The van der Waals surface area contributed by atoms with Gasteiger partial charge in [-0.1, -0.05) is 0 Å². The van der Waals surface area contributed by atoms with Gasteiger partial charge in [-0.05, 0) is 18.8 Å². The topological polar surface area (TPSA) is 99.1 Å². The van der Waals surface area contributed by atoms with Crippen LogP contribution in [0.5, 0.6) is 0 Å². The van der Waals surface area contributed by atoms with Crippen LogP contribution in [0.2, 0.25) is 0 Å². The molecule has 0 aromatic carbocycles. The highest BCUT2D eigenvalue weighted by atomic mass is 16.5. The Balaban J connectivity index is 1.80. The molecule has 1 aromatic rings. The Morgan fingerprint density at radius 2 is 2.31 bits per heavy atom. The number of ether oxygens (including phenoxy) is 1. The molecule has 88 valence electrons. The molecule has 0 bridgehead atoms. The minimum absolute atomic E-state index is 0.201. The van der Waals surface area contributed by atoms with Crippen LogP contribution in [0.25, 0.3) is 0 Å². The lowest BCUT2D eigenvalue weighted by Gasteiger charge is -2.09. The summed E-state index contributed by atoms with van der Waals surface area (Å²) in [6.45, 7) is 2.61. The maximum atomic E-state index is 5.56. The lowest BCUT2D eigenvalue weighted by molar-refractivity contribution is 0.185. The summed E-state index contributed by atoms with van der Waals surface area (Å²) in [6, 6.07) is 1.68. The van der Waals surface area contributed by atoms with Gasteiger partial charge in [-0.15, -0.1) is 0 Å². The number of nitrogens with one attached hydrogen (secondary N) is 1. The third kappa shape index (κ3) is 2.96. The average molecular weight is 223 g/mol. The molecule has 2 heterocycles. The van der Waals surface area contributed by atoms with Crippen molar-refractivity contribution in [1.82, 2.24) is 9.97 Å². The third-order valence-corrected chi connectivity index (χ3v) is 2.65. The Morgan fingerprint density at radius 1 is 1.44 bits per heavy atom. The number of hydrogen-bond donors (Lipinski definition) is 3. The largest absolute Gasteiger partial charge is 0.383 e. The molecule has 1 saturated heterocycles. The van der Waals surface area contributed by atoms with Gasteiger partial charge in [0.15, 0.2) is 0 Å². The van der Waals surface area contributed by atoms with Crippen LogP contribution in [0.4, 0.5) is 17.6 Å². The van der Waals surface area contributed by atoms with Crippen LogP contribution in [-0.2, 0) is 4.74 Å². The molecular weight excluding hydrogens is 206 g/mol. The van der Waals surface area contributed by atoms with E-state index in [1.165, 1.54) is 0 Å². The molecule has 0 aliphatic carbocycles. The number of hydrogen-bond acceptors (Lipinski definition) is 6. The van der Waals surface area contributed by atoms with E-state index < -0.39 is 0 Å². The zero-order chi connectivity index (χ0) is 11.4. The summed E-state index contributed by atoms with van der Waals surface area (Å²) in [5, 5.41) is 3.19. The van der Waals surface area contributed by atoms with Gasteiger partial charge in [-0.3, -0.25) is 0 Å². The molecule has 16 heavy (non-hydrogen) atoms. The highest BCUT2D eigenvalue weighted by molar-refractivity contribution is 5.48. The molecule has 2 rings (SSSR count). The molecule has 0 saturated carbocycles. The zero-order valence-corrected chi connectivity index (χ0v) is 9.15. The van der Waals surface area contributed by atoms with E-state index >= 15 is 0 Å². The highest BCUT2D eigenvalue weighted by Crippen LogP contribution is 2.16. The molecule has 1 aliphatic heterocycles. The standard InChI is InChI=1S/C10H17N5O/c11-8-5-9(15-10(12)14-8)13-3-1-7-2-4-16-6-7/h5,7H,1-4,6H2,(H5,11,12,13,14,15). The first-order valence-corrected chi connectivity index (χ1v) is 5.45. The zero-order valence-electron chi connectivity index (χ0n) is 9.15. The van der Waals surface area contributed by atoms with E-state index in [0.29, 0.717) is 17.6 Å². The predicted octanol–water partition coefficient (Wildman–Crippen LogP) is 0.479. The lowest BCUT2D eigenvalue weighted by Crippen LogP contribution is -2.11. The second kappa shape index (κ2) is 4.98. The molecule has 0 radical (unpaired) electrons. The summed E-state index contributed by atoms with van der Waals surface area (Å²) >= 11 is 0. The fourth-order valence-electron chi connectivity index (χ4n) is 1.79. The maximum Gasteiger partial charge on any atom is 0.223 e. The Labute approximate surface area is 94.4 Å². The summed E-state index contributed by atoms with van der Waals surface area (Å²) in [5.74, 6) is 1.93. The SMILES string of the molecule is Nc1cc(NCCC2CCOC2)nc(N)n1. The van der Waals surface area contributed by atoms with Crippen LogP contribution in [-0.4, -0.2) is 29.7 Å². The van der Waals surface area contributed by atoms with Gasteiger partial charge < -0.3 is 21.5 Å². The number of nitrogen functional groups attached to an aromatic ring is 2. The quantitative estimate of drug-likeness (QED) is 0.686. The second-order valence-electron chi connectivity index (χ2n) is 3.98. The van der Waals surface area contributed by atoms with Gasteiger partial charge in [-0.25, -0.2) is 0 Å². The molecule has 1 aromatic heterocycles. The Kier molecular flexibility index (Phi) is 3.40. The van der Waals surface area contributed by atoms with E-state index in [0.717, 1.165) is 32.6 Å². The number of anilines is 3. The molecule has 0 spiro atoms. The van der Waals surface area contributed by atoms with Crippen molar-refractivity contribution in [1.29, 1.82) is 0 Å². The Hall–Kier alpha value is -1.56. The highest BCUT2D eigenvalue weighted by Gasteiger charge is 2.14. The molecule has 6 nitrogen and oxygen atoms in total. The van der Waals surface area contributed by atoms with Gasteiger partial charge in [0, 0.05) is 25.8 Å². The first-order valence-electron chi connectivity index (χ1n) is 5.45. The van der Waals surface area contributed by atoms with Gasteiger partial charge >= 0.3 is 0 Å². The summed E-state index contributed by atoms with van der Waals surface area (Å²) in [7, 11) is 0. The van der Waals surface area contributed by atoms with Crippen LogP contribution in [0.3, 0.4) is 0 Å². The van der Waals surface area contributed by atoms with Gasteiger partial charge in [0.05, 0.1) is 0 Å². The van der Waals surface area contributed by atoms with Gasteiger partial charge in [0.25, 0.3) is 0 Å². The normalized spacial score (nSPS) is 19.9. The molecular formula is C10H17N5O. The van der Waals surface area contributed by atoms with E-state index in [1.807, 2.05) is 0 Å². The van der Waals surface area contributed by atoms with Crippen LogP contribution in [0.1, 0.15) is 12.8 Å². The average Bonchev–Trinajstić information content (AvgIpc) is 2.69. The predicted molar refractivity (Wildman–Crippen MR) is 62.9 cm³/mol. The van der Waals surface area contributed by atoms with Crippen molar-refractivity contribution in [3.8, 4) is 0 Å². The Bertz CT molecular complexity index is 331. The van der Waals surface area contributed by atoms with Crippen molar-refractivity contribution in [2.24, 2.45) is 5.92 Å². The van der Waals surface area contributed by atoms with Crippen LogP contribution in [0.15, 0.2) is 6.07 Å².